The quantitative estimate of drug-likeness (QED) is 0.741. The van der Waals surface area contributed by atoms with Crippen LogP contribution >= 0.6 is 0 Å². The zero-order valence-electron chi connectivity index (χ0n) is 17.4. The lowest BCUT2D eigenvalue weighted by Crippen LogP contribution is -2.62. The summed E-state index contributed by atoms with van der Waals surface area (Å²) >= 11 is 0. The van der Waals surface area contributed by atoms with Crippen LogP contribution in [-0.4, -0.2) is 49.2 Å². The fourth-order valence-electron chi connectivity index (χ4n) is 4.97. The molecule has 5 nitrogen and oxygen atoms in total. The third-order valence-electron chi connectivity index (χ3n) is 6.60. The van der Waals surface area contributed by atoms with Crippen LogP contribution in [0.15, 0.2) is 47.1 Å². The van der Waals surface area contributed by atoms with Gasteiger partial charge in [-0.15, -0.1) is 0 Å². The maximum atomic E-state index is 13.4. The third-order valence-corrected chi connectivity index (χ3v) is 6.60. The van der Waals surface area contributed by atoms with Gasteiger partial charge in [0.05, 0.1) is 19.5 Å². The molecular weight excluding hydrogens is 383 g/mol. The molecule has 1 saturated heterocycles. The number of nitrogens with zero attached hydrogens (tertiary/aromatic N) is 1. The van der Waals surface area contributed by atoms with E-state index in [4.69, 9.17) is 9.15 Å². The number of furan rings is 1. The summed E-state index contributed by atoms with van der Waals surface area (Å²) in [5.74, 6) is 0.694. The summed E-state index contributed by atoms with van der Waals surface area (Å²) in [7, 11) is 0. The smallest absolute Gasteiger partial charge is 0.240 e. The average molecular weight is 415 g/mol. The van der Waals surface area contributed by atoms with Gasteiger partial charge in [0, 0.05) is 25.6 Å². The van der Waals surface area contributed by atoms with E-state index in [0.717, 1.165) is 50.1 Å². The maximum Gasteiger partial charge on any atom is 0.240 e. The van der Waals surface area contributed by atoms with Gasteiger partial charge in [0.15, 0.2) is 0 Å². The van der Waals surface area contributed by atoms with Crippen molar-refractivity contribution >= 4 is 5.91 Å². The molecule has 2 fully saturated rings. The molecule has 1 aliphatic heterocycles. The Morgan fingerprint density at radius 2 is 1.83 bits per heavy atom. The van der Waals surface area contributed by atoms with Crippen molar-refractivity contribution in [1.82, 2.24) is 10.2 Å². The topological polar surface area (TPSA) is 54.7 Å². The van der Waals surface area contributed by atoms with Crippen LogP contribution in [0.1, 0.15) is 55.8 Å². The summed E-state index contributed by atoms with van der Waals surface area (Å²) < 4.78 is 24.5. The second kappa shape index (κ2) is 9.75. The van der Waals surface area contributed by atoms with Gasteiger partial charge in [0.1, 0.15) is 17.1 Å². The number of carbonyl (C=O) groups is 1. The first kappa shape index (κ1) is 21.1. The molecule has 1 aromatic carbocycles. The van der Waals surface area contributed by atoms with Crippen molar-refractivity contribution in [3.05, 3.63) is 59.8 Å². The average Bonchev–Trinajstić information content (AvgIpc) is 3.33. The lowest BCUT2D eigenvalue weighted by Gasteiger charge is -2.46. The second-order valence-corrected chi connectivity index (χ2v) is 8.36. The molecule has 4 rings (SSSR count). The molecule has 162 valence electrons. The molecule has 1 N–H and O–H groups in total. The highest BCUT2D eigenvalue weighted by Gasteiger charge is 2.44. The number of morpholine rings is 1. The van der Waals surface area contributed by atoms with Crippen LogP contribution in [0.5, 0.6) is 0 Å². The Kier molecular flexibility index (Phi) is 6.85. The lowest BCUT2D eigenvalue weighted by atomic mass is 9.79. The molecule has 2 aliphatic rings. The Morgan fingerprint density at radius 1 is 1.10 bits per heavy atom. The van der Waals surface area contributed by atoms with Gasteiger partial charge in [0.25, 0.3) is 0 Å². The molecule has 30 heavy (non-hydrogen) atoms. The minimum absolute atomic E-state index is 0.0217. The minimum atomic E-state index is -0.405. The van der Waals surface area contributed by atoms with E-state index in [1.54, 1.807) is 18.4 Å². The Labute approximate surface area is 177 Å². The van der Waals surface area contributed by atoms with E-state index < -0.39 is 5.54 Å². The molecule has 0 spiro atoms. The Balaban J connectivity index is 1.43. The van der Waals surface area contributed by atoms with E-state index in [2.05, 4.69) is 10.2 Å². The van der Waals surface area contributed by atoms with Crippen molar-refractivity contribution in [2.45, 2.75) is 50.0 Å². The van der Waals surface area contributed by atoms with Crippen LogP contribution in [0.4, 0.5) is 4.39 Å². The van der Waals surface area contributed by atoms with Gasteiger partial charge in [-0.3, -0.25) is 9.69 Å². The summed E-state index contributed by atoms with van der Waals surface area (Å²) in [5.41, 5.74) is 0.583. The Bertz CT molecular complexity index is 794. The van der Waals surface area contributed by atoms with E-state index in [1.807, 2.05) is 12.1 Å². The number of hydrogen-bond donors (Lipinski definition) is 1. The van der Waals surface area contributed by atoms with Gasteiger partial charge in [-0.25, -0.2) is 4.39 Å². The molecule has 2 heterocycles. The zero-order valence-corrected chi connectivity index (χ0v) is 17.4. The Hall–Kier alpha value is -2.18. The van der Waals surface area contributed by atoms with Gasteiger partial charge < -0.3 is 14.5 Å². The third kappa shape index (κ3) is 4.60. The lowest BCUT2D eigenvalue weighted by molar-refractivity contribution is -0.140. The highest BCUT2D eigenvalue weighted by atomic mass is 19.1. The van der Waals surface area contributed by atoms with Crippen LogP contribution in [0.2, 0.25) is 0 Å². The van der Waals surface area contributed by atoms with Crippen molar-refractivity contribution in [2.75, 3.05) is 32.8 Å². The monoisotopic (exact) mass is 414 g/mol. The van der Waals surface area contributed by atoms with E-state index in [9.17, 15) is 9.18 Å². The number of carbonyl (C=O) groups excluding carboxylic acids is 1. The normalized spacial score (nSPS) is 20.6. The summed E-state index contributed by atoms with van der Waals surface area (Å²) in [6.07, 6.45) is 7.57. The maximum absolute atomic E-state index is 13.4. The van der Waals surface area contributed by atoms with Crippen LogP contribution in [0.25, 0.3) is 0 Å². The number of nitrogens with one attached hydrogen (secondary N) is 1. The molecule has 6 heteroatoms. The Morgan fingerprint density at radius 3 is 2.50 bits per heavy atom. The van der Waals surface area contributed by atoms with Crippen LogP contribution in [-0.2, 0) is 9.53 Å². The van der Waals surface area contributed by atoms with E-state index >= 15 is 0 Å². The van der Waals surface area contributed by atoms with Crippen LogP contribution in [0.3, 0.4) is 0 Å². The fraction of sp³-hybridized carbons (Fsp3) is 0.542. The highest BCUT2D eigenvalue weighted by Crippen LogP contribution is 2.35. The van der Waals surface area contributed by atoms with Crippen molar-refractivity contribution in [2.24, 2.45) is 0 Å². The summed E-state index contributed by atoms with van der Waals surface area (Å²) in [6, 6.07) is 10.3. The van der Waals surface area contributed by atoms with E-state index in [1.165, 1.54) is 18.6 Å². The van der Waals surface area contributed by atoms with Crippen LogP contribution in [0, 0.1) is 5.82 Å². The number of ether oxygens (including phenoxy) is 1. The number of benzene rings is 1. The van der Waals surface area contributed by atoms with Crippen molar-refractivity contribution < 1.29 is 18.3 Å². The van der Waals surface area contributed by atoms with E-state index in [0.29, 0.717) is 26.2 Å². The van der Waals surface area contributed by atoms with E-state index in [-0.39, 0.29) is 17.6 Å². The SMILES string of the molecule is O=C(NCCC(c1ccc(F)cc1)c1ccco1)C1(N2CCOCC2)CCCCC1. The highest BCUT2D eigenvalue weighted by molar-refractivity contribution is 5.86. The van der Waals surface area contributed by atoms with Gasteiger partial charge in [-0.2, -0.15) is 0 Å². The molecule has 2 aromatic rings. The summed E-state index contributed by atoms with van der Waals surface area (Å²) in [6.45, 7) is 3.57. The molecule has 1 atom stereocenters. The van der Waals surface area contributed by atoms with Crippen molar-refractivity contribution in [3.8, 4) is 0 Å². The number of hydrogen-bond acceptors (Lipinski definition) is 4. The summed E-state index contributed by atoms with van der Waals surface area (Å²) in [4.78, 5) is 15.7. The number of rotatable bonds is 7. The molecule has 1 amide bonds. The first-order chi connectivity index (χ1) is 14.7. The molecule has 1 unspecified atom stereocenters. The largest absolute Gasteiger partial charge is 0.469 e. The standard InChI is InChI=1S/C24H31FN2O3/c25-20-8-6-19(7-9-20)21(22-5-4-16-30-22)10-13-26-23(28)24(11-2-1-3-12-24)27-14-17-29-18-15-27/h4-9,16,21H,1-3,10-15,17-18H2,(H,26,28). The zero-order chi connectivity index (χ0) is 20.8. The van der Waals surface area contributed by atoms with Gasteiger partial charge in [-0.1, -0.05) is 31.4 Å². The summed E-state index contributed by atoms with van der Waals surface area (Å²) in [5, 5.41) is 3.23. The van der Waals surface area contributed by atoms with Gasteiger partial charge in [-0.05, 0) is 49.1 Å². The molecule has 1 saturated carbocycles. The molecular formula is C24H31FN2O3. The molecule has 0 radical (unpaired) electrons. The molecule has 0 bridgehead atoms. The van der Waals surface area contributed by atoms with Crippen molar-refractivity contribution in [3.63, 3.8) is 0 Å². The molecule has 1 aliphatic carbocycles. The van der Waals surface area contributed by atoms with Crippen LogP contribution < -0.4 is 5.32 Å². The predicted molar refractivity (Wildman–Crippen MR) is 113 cm³/mol. The predicted octanol–water partition coefficient (Wildman–Crippen LogP) is 4.09. The molecule has 1 aromatic heterocycles. The second-order valence-electron chi connectivity index (χ2n) is 8.36. The van der Waals surface area contributed by atoms with Gasteiger partial charge >= 0.3 is 0 Å². The first-order valence-electron chi connectivity index (χ1n) is 11.1. The van der Waals surface area contributed by atoms with Crippen molar-refractivity contribution in [1.29, 1.82) is 0 Å². The number of amides is 1. The number of halogens is 1. The fourth-order valence-corrected chi connectivity index (χ4v) is 4.97. The first-order valence-corrected chi connectivity index (χ1v) is 11.1. The van der Waals surface area contributed by atoms with Gasteiger partial charge in [0.2, 0.25) is 5.91 Å². The minimum Gasteiger partial charge on any atom is -0.469 e.